The summed E-state index contributed by atoms with van der Waals surface area (Å²) in [5, 5.41) is 3.29. The molecule has 1 saturated heterocycles. The molecule has 0 unspecified atom stereocenters. The van der Waals surface area contributed by atoms with Gasteiger partial charge in [0.1, 0.15) is 10.6 Å². The molecule has 1 N–H and O–H groups in total. The Hall–Kier alpha value is -2.09. The number of ether oxygens (including phenoxy) is 1. The fourth-order valence-electron chi connectivity index (χ4n) is 3.64. The largest absolute Gasteiger partial charge is 0.495 e. The van der Waals surface area contributed by atoms with Crippen LogP contribution in [0.25, 0.3) is 0 Å². The Morgan fingerprint density at radius 1 is 1.10 bits per heavy atom. The molecule has 0 bridgehead atoms. The van der Waals surface area contributed by atoms with Crippen LogP contribution in [0.5, 0.6) is 5.75 Å². The van der Waals surface area contributed by atoms with Crippen molar-refractivity contribution in [1.29, 1.82) is 0 Å². The first kappa shape index (κ1) is 21.6. The van der Waals surface area contributed by atoms with E-state index in [9.17, 15) is 13.2 Å². The monoisotopic (exact) mass is 436 g/mol. The van der Waals surface area contributed by atoms with Crippen molar-refractivity contribution < 1.29 is 17.9 Å². The highest BCUT2D eigenvalue weighted by molar-refractivity contribution is 7.89. The molecule has 1 amide bonds. The molecular weight excluding hydrogens is 412 g/mol. The quantitative estimate of drug-likeness (QED) is 0.768. The number of nitrogens with zero attached hydrogens (tertiary/aromatic N) is 1. The minimum atomic E-state index is -3.75. The van der Waals surface area contributed by atoms with E-state index in [1.165, 1.54) is 17.5 Å². The Morgan fingerprint density at radius 3 is 2.31 bits per heavy atom. The van der Waals surface area contributed by atoms with Crippen LogP contribution in [0, 0.1) is 19.8 Å². The number of benzene rings is 2. The number of anilines is 1. The maximum Gasteiger partial charge on any atom is 0.246 e. The van der Waals surface area contributed by atoms with Crippen molar-refractivity contribution in [3.8, 4) is 5.75 Å². The summed E-state index contributed by atoms with van der Waals surface area (Å²) in [5.41, 5.74) is 2.93. The lowest BCUT2D eigenvalue weighted by Gasteiger charge is -2.31. The van der Waals surface area contributed by atoms with Crippen molar-refractivity contribution >= 4 is 33.2 Å². The van der Waals surface area contributed by atoms with Crippen LogP contribution in [-0.2, 0) is 14.8 Å². The van der Waals surface area contributed by atoms with Gasteiger partial charge in [0.2, 0.25) is 15.9 Å². The third-order valence-corrected chi connectivity index (χ3v) is 7.21. The van der Waals surface area contributed by atoms with Gasteiger partial charge in [0.15, 0.2) is 0 Å². The molecule has 0 atom stereocenters. The molecule has 29 heavy (non-hydrogen) atoms. The highest BCUT2D eigenvalue weighted by Crippen LogP contribution is 2.32. The molecule has 0 spiro atoms. The van der Waals surface area contributed by atoms with Crippen LogP contribution in [0.3, 0.4) is 0 Å². The molecule has 1 heterocycles. The maximum atomic E-state index is 13.0. The number of rotatable bonds is 5. The predicted molar refractivity (Wildman–Crippen MR) is 114 cm³/mol. The van der Waals surface area contributed by atoms with E-state index < -0.39 is 10.0 Å². The topological polar surface area (TPSA) is 75.7 Å². The van der Waals surface area contributed by atoms with E-state index in [1.807, 2.05) is 32.0 Å². The van der Waals surface area contributed by atoms with Crippen molar-refractivity contribution in [2.75, 3.05) is 25.5 Å². The predicted octanol–water partition coefficient (Wildman–Crippen LogP) is 4.00. The average molecular weight is 437 g/mol. The highest BCUT2D eigenvalue weighted by atomic mass is 35.5. The lowest BCUT2D eigenvalue weighted by molar-refractivity contribution is -0.120. The van der Waals surface area contributed by atoms with E-state index in [2.05, 4.69) is 5.32 Å². The van der Waals surface area contributed by atoms with Crippen LogP contribution < -0.4 is 10.1 Å². The zero-order valence-electron chi connectivity index (χ0n) is 16.7. The molecule has 0 aromatic heterocycles. The SMILES string of the molecule is COc1ccc(Cl)cc1S(=O)(=O)N1CCC(C(=O)Nc2cc(C)cc(C)c2)CC1. The number of amides is 1. The minimum Gasteiger partial charge on any atom is -0.495 e. The Labute approximate surface area is 176 Å². The number of carbonyl (C=O) groups excluding carboxylic acids is 1. The number of aryl methyl sites for hydroxylation is 2. The second kappa shape index (κ2) is 8.73. The van der Waals surface area contributed by atoms with Crippen molar-refractivity contribution in [2.24, 2.45) is 5.92 Å². The smallest absolute Gasteiger partial charge is 0.246 e. The summed E-state index contributed by atoms with van der Waals surface area (Å²) in [5.74, 6) is -0.0556. The second-order valence-electron chi connectivity index (χ2n) is 7.34. The standard InChI is InChI=1S/C21H25ClN2O4S/c1-14-10-15(2)12-18(11-14)23-21(25)16-6-8-24(9-7-16)29(26,27)20-13-17(22)4-5-19(20)28-3/h4-5,10-13,16H,6-9H2,1-3H3,(H,23,25). The van der Waals surface area contributed by atoms with E-state index in [1.54, 1.807) is 12.1 Å². The van der Waals surface area contributed by atoms with Crippen molar-refractivity contribution in [3.05, 3.63) is 52.5 Å². The lowest BCUT2D eigenvalue weighted by Crippen LogP contribution is -2.41. The summed E-state index contributed by atoms with van der Waals surface area (Å²) < 4.78 is 32.7. The first-order chi connectivity index (χ1) is 13.7. The molecule has 1 fully saturated rings. The normalized spacial score (nSPS) is 15.9. The molecule has 6 nitrogen and oxygen atoms in total. The lowest BCUT2D eigenvalue weighted by atomic mass is 9.97. The van der Waals surface area contributed by atoms with E-state index in [0.29, 0.717) is 17.9 Å². The summed E-state index contributed by atoms with van der Waals surface area (Å²) in [6.45, 7) is 4.50. The Kier molecular flexibility index (Phi) is 6.51. The molecule has 8 heteroatoms. The minimum absolute atomic E-state index is 0.0469. The van der Waals surface area contributed by atoms with Crippen LogP contribution in [0.1, 0.15) is 24.0 Å². The zero-order chi connectivity index (χ0) is 21.2. The molecular formula is C21H25ClN2O4S. The molecule has 2 aromatic carbocycles. The summed E-state index contributed by atoms with van der Waals surface area (Å²) >= 11 is 5.99. The Balaban J connectivity index is 1.68. The fraction of sp³-hybridized carbons (Fsp3) is 0.381. The fourth-order valence-corrected chi connectivity index (χ4v) is 5.53. The second-order valence-corrected chi connectivity index (χ2v) is 9.68. The maximum absolute atomic E-state index is 13.0. The molecule has 0 radical (unpaired) electrons. The van der Waals surface area contributed by atoms with E-state index in [0.717, 1.165) is 16.8 Å². The zero-order valence-corrected chi connectivity index (χ0v) is 18.3. The number of sulfonamides is 1. The average Bonchev–Trinajstić information content (AvgIpc) is 2.67. The number of halogens is 1. The Morgan fingerprint density at radius 2 is 1.72 bits per heavy atom. The molecule has 1 aliphatic rings. The van der Waals surface area contributed by atoms with E-state index >= 15 is 0 Å². The van der Waals surface area contributed by atoms with E-state index in [-0.39, 0.29) is 35.6 Å². The van der Waals surface area contributed by atoms with Gasteiger partial charge in [-0.3, -0.25) is 4.79 Å². The summed E-state index contributed by atoms with van der Waals surface area (Å²) in [4.78, 5) is 12.7. The number of carbonyl (C=O) groups is 1. The van der Waals surface area contributed by atoms with Crippen LogP contribution in [0.2, 0.25) is 5.02 Å². The Bertz CT molecular complexity index is 995. The van der Waals surface area contributed by atoms with Gasteiger partial charge in [-0.1, -0.05) is 17.7 Å². The molecule has 3 rings (SSSR count). The van der Waals surface area contributed by atoms with Gasteiger partial charge in [-0.05, 0) is 68.1 Å². The van der Waals surface area contributed by atoms with Crippen molar-refractivity contribution in [1.82, 2.24) is 4.31 Å². The summed E-state index contributed by atoms with van der Waals surface area (Å²) in [6.07, 6.45) is 0.914. The first-order valence-corrected chi connectivity index (χ1v) is 11.3. The molecule has 0 saturated carbocycles. The van der Waals surface area contributed by atoms with Gasteiger partial charge >= 0.3 is 0 Å². The van der Waals surface area contributed by atoms with Crippen molar-refractivity contribution in [3.63, 3.8) is 0 Å². The number of hydrogen-bond acceptors (Lipinski definition) is 4. The van der Waals surface area contributed by atoms with Gasteiger partial charge in [-0.2, -0.15) is 4.31 Å². The van der Waals surface area contributed by atoms with Gasteiger partial charge in [0.25, 0.3) is 0 Å². The van der Waals surface area contributed by atoms with Crippen LogP contribution >= 0.6 is 11.6 Å². The molecule has 156 valence electrons. The van der Waals surface area contributed by atoms with Crippen molar-refractivity contribution in [2.45, 2.75) is 31.6 Å². The number of piperidine rings is 1. The van der Waals surface area contributed by atoms with Gasteiger partial charge in [0.05, 0.1) is 7.11 Å². The van der Waals surface area contributed by atoms with Gasteiger partial charge in [0, 0.05) is 29.7 Å². The number of methoxy groups -OCH3 is 1. The van der Waals surface area contributed by atoms with Gasteiger partial charge < -0.3 is 10.1 Å². The molecule has 0 aliphatic carbocycles. The van der Waals surface area contributed by atoms with Crippen LogP contribution in [-0.4, -0.2) is 38.8 Å². The molecule has 2 aromatic rings. The number of hydrogen-bond donors (Lipinski definition) is 1. The number of nitrogens with one attached hydrogen (secondary N) is 1. The van der Waals surface area contributed by atoms with Crippen LogP contribution in [0.15, 0.2) is 41.3 Å². The van der Waals surface area contributed by atoms with Gasteiger partial charge in [-0.25, -0.2) is 8.42 Å². The first-order valence-electron chi connectivity index (χ1n) is 9.43. The molecule has 1 aliphatic heterocycles. The highest BCUT2D eigenvalue weighted by Gasteiger charge is 2.33. The van der Waals surface area contributed by atoms with Gasteiger partial charge in [-0.15, -0.1) is 0 Å². The third kappa shape index (κ3) is 4.91. The van der Waals surface area contributed by atoms with E-state index in [4.69, 9.17) is 16.3 Å². The summed E-state index contributed by atoms with van der Waals surface area (Å²) in [6, 6.07) is 10.4. The third-order valence-electron chi connectivity index (χ3n) is 5.06. The van der Waals surface area contributed by atoms with Crippen LogP contribution in [0.4, 0.5) is 5.69 Å². The summed E-state index contributed by atoms with van der Waals surface area (Å²) in [7, 11) is -2.33.